The highest BCUT2D eigenvalue weighted by molar-refractivity contribution is 5.82. The summed E-state index contributed by atoms with van der Waals surface area (Å²) < 4.78 is 0. The fourth-order valence-electron chi connectivity index (χ4n) is 3.28. The monoisotopic (exact) mass is 311 g/mol. The van der Waals surface area contributed by atoms with Crippen molar-refractivity contribution >= 4 is 16.9 Å². The molecule has 1 aliphatic heterocycles. The van der Waals surface area contributed by atoms with Crippen molar-refractivity contribution in [1.29, 1.82) is 0 Å². The Hall–Kier alpha value is -2.14. The van der Waals surface area contributed by atoms with Crippen LogP contribution in [0.4, 0.5) is 0 Å². The van der Waals surface area contributed by atoms with E-state index in [2.05, 4.69) is 33.2 Å². The number of hydrogen-bond acceptors (Lipinski definition) is 3. The number of aromatic nitrogens is 1. The molecule has 5 heteroatoms. The Balaban J connectivity index is 1.60. The number of likely N-dealkylation sites (tertiary alicyclic amines) is 1. The molecule has 0 radical (unpaired) electrons. The van der Waals surface area contributed by atoms with Crippen molar-refractivity contribution in [2.75, 3.05) is 19.6 Å². The van der Waals surface area contributed by atoms with Crippen LogP contribution in [0.15, 0.2) is 41.5 Å². The minimum atomic E-state index is 0.522. The van der Waals surface area contributed by atoms with Crippen LogP contribution < -0.4 is 11.1 Å². The number of nitrogens with zero attached hydrogens (tertiary/aromatic N) is 3. The first-order valence-electron chi connectivity index (χ1n) is 8.38. The first-order chi connectivity index (χ1) is 11.3. The van der Waals surface area contributed by atoms with E-state index in [-0.39, 0.29) is 0 Å². The summed E-state index contributed by atoms with van der Waals surface area (Å²) in [6.45, 7) is 5.96. The van der Waals surface area contributed by atoms with Gasteiger partial charge in [-0.15, -0.1) is 0 Å². The average molecular weight is 311 g/mol. The maximum atomic E-state index is 6.04. The van der Waals surface area contributed by atoms with Gasteiger partial charge in [0.25, 0.3) is 0 Å². The van der Waals surface area contributed by atoms with Gasteiger partial charge in [-0.25, -0.2) is 4.99 Å². The number of likely N-dealkylation sites (N-methyl/N-ethyl adjacent to an activating group) is 1. The predicted molar refractivity (Wildman–Crippen MR) is 95.3 cm³/mol. The van der Waals surface area contributed by atoms with Crippen molar-refractivity contribution in [1.82, 2.24) is 15.2 Å². The van der Waals surface area contributed by atoms with Crippen LogP contribution >= 0.6 is 0 Å². The zero-order chi connectivity index (χ0) is 16.1. The Morgan fingerprint density at radius 2 is 2.26 bits per heavy atom. The molecular weight excluding hydrogens is 286 g/mol. The van der Waals surface area contributed by atoms with Gasteiger partial charge in [-0.3, -0.25) is 9.88 Å². The minimum absolute atomic E-state index is 0.522. The van der Waals surface area contributed by atoms with Gasteiger partial charge in [-0.2, -0.15) is 0 Å². The maximum absolute atomic E-state index is 6.04. The van der Waals surface area contributed by atoms with Crippen LogP contribution in [0.1, 0.15) is 25.3 Å². The molecule has 1 saturated heterocycles. The molecular formula is C18H25N5. The van der Waals surface area contributed by atoms with Gasteiger partial charge in [0.15, 0.2) is 5.96 Å². The Kier molecular flexibility index (Phi) is 5.08. The van der Waals surface area contributed by atoms with Gasteiger partial charge < -0.3 is 11.1 Å². The third kappa shape index (κ3) is 3.79. The summed E-state index contributed by atoms with van der Waals surface area (Å²) in [7, 11) is 0. The van der Waals surface area contributed by atoms with E-state index in [1.54, 1.807) is 0 Å². The molecule has 1 aromatic carbocycles. The molecule has 2 heterocycles. The Morgan fingerprint density at radius 3 is 3.13 bits per heavy atom. The van der Waals surface area contributed by atoms with Gasteiger partial charge in [0, 0.05) is 24.2 Å². The van der Waals surface area contributed by atoms with Crippen LogP contribution in [0, 0.1) is 0 Å². The van der Waals surface area contributed by atoms with Gasteiger partial charge in [0.1, 0.15) is 0 Å². The molecule has 3 rings (SSSR count). The molecule has 1 unspecified atom stereocenters. The largest absolute Gasteiger partial charge is 0.370 e. The van der Waals surface area contributed by atoms with E-state index in [0.29, 0.717) is 18.5 Å². The van der Waals surface area contributed by atoms with Crippen molar-refractivity contribution in [2.24, 2.45) is 10.7 Å². The summed E-state index contributed by atoms with van der Waals surface area (Å²) in [5.74, 6) is 0.522. The molecule has 0 saturated carbocycles. The highest BCUT2D eigenvalue weighted by Gasteiger charge is 2.22. The smallest absolute Gasteiger partial charge is 0.188 e. The van der Waals surface area contributed by atoms with E-state index >= 15 is 0 Å². The summed E-state index contributed by atoms with van der Waals surface area (Å²) in [6.07, 6.45) is 4.35. The van der Waals surface area contributed by atoms with Crippen LogP contribution in [0.2, 0.25) is 0 Å². The number of aliphatic imine (C=N–C) groups is 1. The van der Waals surface area contributed by atoms with Crippen molar-refractivity contribution in [3.63, 3.8) is 0 Å². The standard InChI is InChI=1S/C18H25N5/c1-2-23-11-5-6-15(23)13-22-18(19)21-12-14-9-10-20-17-8-4-3-7-16(14)17/h3-4,7-10,15H,2,5-6,11-13H2,1H3,(H3,19,21,22). The summed E-state index contributed by atoms with van der Waals surface area (Å²) in [5.41, 5.74) is 8.18. The second-order valence-electron chi connectivity index (χ2n) is 5.99. The van der Waals surface area contributed by atoms with Crippen LogP contribution in [-0.2, 0) is 6.54 Å². The second-order valence-corrected chi connectivity index (χ2v) is 5.99. The number of benzene rings is 1. The molecule has 1 atom stereocenters. The SMILES string of the molecule is CCN1CCCC1CNC(N)=NCc1ccnc2ccccc12. The quantitative estimate of drug-likeness (QED) is 0.656. The van der Waals surface area contributed by atoms with Crippen LogP contribution in [-0.4, -0.2) is 41.5 Å². The lowest BCUT2D eigenvalue weighted by atomic mass is 10.1. The van der Waals surface area contributed by atoms with Gasteiger partial charge in [-0.1, -0.05) is 25.1 Å². The predicted octanol–water partition coefficient (Wildman–Crippen LogP) is 2.12. The first kappa shape index (κ1) is 15.7. The molecule has 1 aliphatic rings. The molecule has 3 N–H and O–H groups in total. The van der Waals surface area contributed by atoms with E-state index in [9.17, 15) is 0 Å². The van der Waals surface area contributed by atoms with Gasteiger partial charge >= 0.3 is 0 Å². The fraction of sp³-hybridized carbons (Fsp3) is 0.444. The molecule has 122 valence electrons. The molecule has 0 aliphatic carbocycles. The summed E-state index contributed by atoms with van der Waals surface area (Å²) in [6, 6.07) is 10.7. The zero-order valence-corrected chi connectivity index (χ0v) is 13.7. The van der Waals surface area contributed by atoms with E-state index in [1.807, 2.05) is 30.5 Å². The molecule has 1 aromatic heterocycles. The number of pyridine rings is 1. The molecule has 2 aromatic rings. The van der Waals surface area contributed by atoms with E-state index < -0.39 is 0 Å². The van der Waals surface area contributed by atoms with Crippen LogP contribution in [0.5, 0.6) is 0 Å². The number of nitrogens with two attached hydrogens (primary N) is 1. The highest BCUT2D eigenvalue weighted by atomic mass is 15.2. The van der Waals surface area contributed by atoms with E-state index in [1.165, 1.54) is 19.4 Å². The van der Waals surface area contributed by atoms with E-state index in [0.717, 1.165) is 29.6 Å². The molecule has 0 bridgehead atoms. The third-order valence-corrected chi connectivity index (χ3v) is 4.58. The lowest BCUT2D eigenvalue weighted by Crippen LogP contribution is -2.42. The van der Waals surface area contributed by atoms with E-state index in [4.69, 9.17) is 5.73 Å². The summed E-state index contributed by atoms with van der Waals surface area (Å²) in [5, 5.41) is 4.42. The number of hydrogen-bond donors (Lipinski definition) is 2. The Morgan fingerprint density at radius 1 is 1.39 bits per heavy atom. The molecule has 5 nitrogen and oxygen atoms in total. The summed E-state index contributed by atoms with van der Waals surface area (Å²) in [4.78, 5) is 11.4. The minimum Gasteiger partial charge on any atom is -0.370 e. The van der Waals surface area contributed by atoms with Crippen molar-refractivity contribution < 1.29 is 0 Å². The maximum Gasteiger partial charge on any atom is 0.188 e. The Bertz CT molecular complexity index is 677. The van der Waals surface area contributed by atoms with Crippen molar-refractivity contribution in [3.8, 4) is 0 Å². The number of guanidine groups is 1. The third-order valence-electron chi connectivity index (χ3n) is 4.58. The number of para-hydroxylation sites is 1. The molecule has 23 heavy (non-hydrogen) atoms. The number of fused-ring (bicyclic) bond motifs is 1. The van der Waals surface area contributed by atoms with Crippen LogP contribution in [0.25, 0.3) is 10.9 Å². The fourth-order valence-corrected chi connectivity index (χ4v) is 3.28. The lowest BCUT2D eigenvalue weighted by Gasteiger charge is -2.23. The van der Waals surface area contributed by atoms with Gasteiger partial charge in [0.2, 0.25) is 0 Å². The molecule has 0 amide bonds. The summed E-state index contributed by atoms with van der Waals surface area (Å²) >= 11 is 0. The second kappa shape index (κ2) is 7.42. The van der Waals surface area contributed by atoms with Gasteiger partial charge in [0.05, 0.1) is 12.1 Å². The number of nitrogens with one attached hydrogen (secondary N) is 1. The van der Waals surface area contributed by atoms with Crippen molar-refractivity contribution in [3.05, 3.63) is 42.1 Å². The van der Waals surface area contributed by atoms with Crippen molar-refractivity contribution in [2.45, 2.75) is 32.4 Å². The van der Waals surface area contributed by atoms with Crippen LogP contribution in [0.3, 0.4) is 0 Å². The van der Waals surface area contributed by atoms with Gasteiger partial charge in [-0.05, 0) is 43.6 Å². The lowest BCUT2D eigenvalue weighted by molar-refractivity contribution is 0.267. The zero-order valence-electron chi connectivity index (χ0n) is 13.7. The molecule has 0 spiro atoms. The molecule has 1 fully saturated rings. The topological polar surface area (TPSA) is 66.5 Å². The average Bonchev–Trinajstić information content (AvgIpc) is 3.05. The Labute approximate surface area is 137 Å². The highest BCUT2D eigenvalue weighted by Crippen LogP contribution is 2.17. The number of rotatable bonds is 5. The first-order valence-corrected chi connectivity index (χ1v) is 8.38. The normalized spacial score (nSPS) is 19.3.